The molecule has 0 saturated carbocycles. The van der Waals surface area contributed by atoms with E-state index in [1.807, 2.05) is 30.3 Å². The summed E-state index contributed by atoms with van der Waals surface area (Å²) >= 11 is 0. The number of carboxylic acids is 1. The van der Waals surface area contributed by atoms with Crippen molar-refractivity contribution in [3.05, 3.63) is 35.9 Å². The Morgan fingerprint density at radius 2 is 1.82 bits per heavy atom. The van der Waals surface area contributed by atoms with E-state index in [0.717, 1.165) is 37.7 Å². The molecule has 1 aromatic rings. The number of unbranched alkanes of at least 4 members (excludes halogenated alkanes) is 4. The maximum atomic E-state index is 11.7. The number of carbonyl (C=O) groups is 2. The second-order valence-electron chi connectivity index (χ2n) is 5.30. The largest absolute Gasteiger partial charge is 0.480 e. The second-order valence-corrected chi connectivity index (χ2v) is 5.30. The van der Waals surface area contributed by atoms with Crippen LogP contribution >= 0.6 is 0 Å². The number of carboxylic acid groups (broad SMARTS) is 1. The maximum Gasteiger partial charge on any atom is 0.408 e. The van der Waals surface area contributed by atoms with E-state index in [0.29, 0.717) is 6.42 Å². The Kier molecular flexibility index (Phi) is 8.72. The summed E-state index contributed by atoms with van der Waals surface area (Å²) in [6.07, 6.45) is 4.91. The van der Waals surface area contributed by atoms with E-state index < -0.39 is 18.1 Å². The maximum absolute atomic E-state index is 11.7. The monoisotopic (exact) mass is 307 g/mol. The summed E-state index contributed by atoms with van der Waals surface area (Å²) in [6, 6.07) is 8.39. The van der Waals surface area contributed by atoms with Crippen molar-refractivity contribution in [2.45, 2.75) is 58.1 Å². The van der Waals surface area contributed by atoms with Crippen molar-refractivity contribution in [3.8, 4) is 0 Å². The summed E-state index contributed by atoms with van der Waals surface area (Å²) in [6.45, 7) is 2.26. The number of alkyl carbamates (subject to hydrolysis) is 1. The molecule has 0 aliphatic carbocycles. The van der Waals surface area contributed by atoms with Gasteiger partial charge in [0.05, 0.1) is 0 Å². The molecule has 1 amide bonds. The van der Waals surface area contributed by atoms with Crippen molar-refractivity contribution in [2.75, 3.05) is 0 Å². The Morgan fingerprint density at radius 3 is 2.45 bits per heavy atom. The Labute approximate surface area is 131 Å². The van der Waals surface area contributed by atoms with E-state index >= 15 is 0 Å². The Morgan fingerprint density at radius 1 is 1.14 bits per heavy atom. The lowest BCUT2D eigenvalue weighted by molar-refractivity contribution is -0.139. The van der Waals surface area contributed by atoms with Gasteiger partial charge in [0, 0.05) is 0 Å². The number of nitrogens with one attached hydrogen (secondary N) is 1. The van der Waals surface area contributed by atoms with Gasteiger partial charge in [-0.3, -0.25) is 0 Å². The predicted molar refractivity (Wildman–Crippen MR) is 84.6 cm³/mol. The van der Waals surface area contributed by atoms with Crippen molar-refractivity contribution in [1.29, 1.82) is 0 Å². The van der Waals surface area contributed by atoms with Gasteiger partial charge >= 0.3 is 12.1 Å². The van der Waals surface area contributed by atoms with Gasteiger partial charge in [0.2, 0.25) is 0 Å². The predicted octanol–water partition coefficient (Wildman–Crippen LogP) is 3.73. The van der Waals surface area contributed by atoms with Crippen molar-refractivity contribution >= 4 is 12.1 Å². The molecule has 0 aliphatic heterocycles. The molecule has 0 heterocycles. The number of carbonyl (C=O) groups excluding carboxylic acids is 1. The first-order valence-corrected chi connectivity index (χ1v) is 7.83. The summed E-state index contributed by atoms with van der Waals surface area (Å²) in [5.41, 5.74) is 0.865. The van der Waals surface area contributed by atoms with E-state index in [2.05, 4.69) is 12.2 Å². The van der Waals surface area contributed by atoms with Crippen LogP contribution in [0.25, 0.3) is 0 Å². The summed E-state index contributed by atoms with van der Waals surface area (Å²) in [7, 11) is 0. The zero-order valence-electron chi connectivity index (χ0n) is 13.1. The van der Waals surface area contributed by atoms with Crippen LogP contribution in [0.4, 0.5) is 4.79 Å². The average Bonchev–Trinajstić information content (AvgIpc) is 2.52. The van der Waals surface area contributed by atoms with Crippen molar-refractivity contribution < 1.29 is 19.4 Å². The van der Waals surface area contributed by atoms with Crippen LogP contribution in [0.3, 0.4) is 0 Å². The van der Waals surface area contributed by atoms with Gasteiger partial charge < -0.3 is 15.2 Å². The van der Waals surface area contributed by atoms with Gasteiger partial charge in [-0.05, 0) is 12.0 Å². The number of hydrogen-bond donors (Lipinski definition) is 2. The molecule has 22 heavy (non-hydrogen) atoms. The lowest BCUT2D eigenvalue weighted by Gasteiger charge is -2.14. The quantitative estimate of drug-likeness (QED) is 0.646. The summed E-state index contributed by atoms with van der Waals surface area (Å²) in [5, 5.41) is 11.6. The minimum Gasteiger partial charge on any atom is -0.480 e. The summed E-state index contributed by atoms with van der Waals surface area (Å²) in [5.74, 6) is -1.02. The number of ether oxygens (including phenoxy) is 1. The molecule has 5 nitrogen and oxygen atoms in total. The normalized spacial score (nSPS) is 11.7. The third-order valence-corrected chi connectivity index (χ3v) is 3.40. The molecular formula is C17H25NO4. The SMILES string of the molecule is CCCCCCC[C@H](NC(=O)OCc1ccccc1)C(=O)O. The zero-order valence-corrected chi connectivity index (χ0v) is 13.1. The summed E-state index contributed by atoms with van der Waals surface area (Å²) in [4.78, 5) is 22.8. The average molecular weight is 307 g/mol. The highest BCUT2D eigenvalue weighted by Gasteiger charge is 2.20. The molecule has 0 aliphatic rings. The third-order valence-electron chi connectivity index (χ3n) is 3.40. The van der Waals surface area contributed by atoms with Crippen LogP contribution in [0.1, 0.15) is 51.0 Å². The van der Waals surface area contributed by atoms with Crippen LogP contribution in [0, 0.1) is 0 Å². The van der Waals surface area contributed by atoms with Gasteiger partial charge in [0.15, 0.2) is 0 Å². The first-order chi connectivity index (χ1) is 10.6. The minimum atomic E-state index is -1.02. The number of amides is 1. The van der Waals surface area contributed by atoms with E-state index in [1.165, 1.54) is 0 Å². The number of rotatable bonds is 10. The van der Waals surface area contributed by atoms with Crippen LogP contribution in [0.5, 0.6) is 0 Å². The summed E-state index contributed by atoms with van der Waals surface area (Å²) < 4.78 is 5.04. The molecule has 0 radical (unpaired) electrons. The van der Waals surface area contributed by atoms with Gasteiger partial charge in [0.1, 0.15) is 12.6 Å². The highest BCUT2D eigenvalue weighted by molar-refractivity contribution is 5.79. The van der Waals surface area contributed by atoms with Crippen LogP contribution in [0.15, 0.2) is 30.3 Å². The highest BCUT2D eigenvalue weighted by atomic mass is 16.5. The van der Waals surface area contributed by atoms with E-state index in [1.54, 1.807) is 0 Å². The third kappa shape index (κ3) is 7.67. The molecule has 0 saturated heterocycles. The molecule has 122 valence electrons. The Balaban J connectivity index is 2.29. The van der Waals surface area contributed by atoms with Crippen LogP contribution < -0.4 is 5.32 Å². The van der Waals surface area contributed by atoms with Gasteiger partial charge in [-0.15, -0.1) is 0 Å². The molecule has 1 rings (SSSR count). The lowest BCUT2D eigenvalue weighted by Crippen LogP contribution is -2.40. The molecular weight excluding hydrogens is 282 g/mol. The van der Waals surface area contributed by atoms with E-state index in [-0.39, 0.29) is 6.61 Å². The molecule has 0 spiro atoms. The lowest BCUT2D eigenvalue weighted by atomic mass is 10.1. The molecule has 0 fully saturated rings. The molecule has 5 heteroatoms. The molecule has 2 N–H and O–H groups in total. The van der Waals surface area contributed by atoms with Crippen LogP contribution in [-0.4, -0.2) is 23.2 Å². The van der Waals surface area contributed by atoms with Crippen molar-refractivity contribution in [2.24, 2.45) is 0 Å². The van der Waals surface area contributed by atoms with Crippen LogP contribution in [-0.2, 0) is 16.1 Å². The second kappa shape index (κ2) is 10.7. The smallest absolute Gasteiger partial charge is 0.408 e. The van der Waals surface area contributed by atoms with Gasteiger partial charge in [-0.2, -0.15) is 0 Å². The molecule has 0 unspecified atom stereocenters. The van der Waals surface area contributed by atoms with Crippen molar-refractivity contribution in [1.82, 2.24) is 5.32 Å². The molecule has 1 atom stereocenters. The van der Waals surface area contributed by atoms with E-state index in [9.17, 15) is 9.59 Å². The van der Waals surface area contributed by atoms with Crippen molar-refractivity contribution in [3.63, 3.8) is 0 Å². The van der Waals surface area contributed by atoms with Gasteiger partial charge in [-0.1, -0.05) is 69.4 Å². The highest BCUT2D eigenvalue weighted by Crippen LogP contribution is 2.08. The fourth-order valence-electron chi connectivity index (χ4n) is 2.12. The number of hydrogen-bond acceptors (Lipinski definition) is 3. The standard InChI is InChI=1S/C17H25NO4/c1-2-3-4-5-9-12-15(16(19)20)18-17(21)22-13-14-10-7-6-8-11-14/h6-8,10-11,15H,2-5,9,12-13H2,1H3,(H,18,21)(H,19,20)/t15-/m0/s1. The van der Waals surface area contributed by atoms with E-state index in [4.69, 9.17) is 9.84 Å². The molecule has 0 bridgehead atoms. The molecule has 1 aromatic carbocycles. The first kappa shape index (κ1) is 18.0. The number of aliphatic carboxylic acids is 1. The minimum absolute atomic E-state index is 0.134. The first-order valence-electron chi connectivity index (χ1n) is 7.83. The fraction of sp³-hybridized carbons (Fsp3) is 0.529. The number of benzene rings is 1. The molecule has 0 aromatic heterocycles. The Hall–Kier alpha value is -2.04. The Bertz CT molecular complexity index is 447. The van der Waals surface area contributed by atoms with Gasteiger partial charge in [-0.25, -0.2) is 9.59 Å². The topological polar surface area (TPSA) is 75.6 Å². The van der Waals surface area contributed by atoms with Gasteiger partial charge in [0.25, 0.3) is 0 Å². The zero-order chi connectivity index (χ0) is 16.2. The fourth-order valence-corrected chi connectivity index (χ4v) is 2.12. The van der Waals surface area contributed by atoms with Crippen LogP contribution in [0.2, 0.25) is 0 Å².